The molecule has 1 saturated carbocycles. The van der Waals surface area contributed by atoms with Crippen LogP contribution in [0, 0.1) is 11.3 Å². The number of nitrogens with two attached hydrogens (primary N) is 1. The van der Waals surface area contributed by atoms with Gasteiger partial charge in [0.1, 0.15) is 0 Å². The highest BCUT2D eigenvalue weighted by atomic mass is 79.9. The normalized spacial score (nSPS) is 13.7. The van der Waals surface area contributed by atoms with Gasteiger partial charge in [-0.05, 0) is 64.7 Å². The third-order valence-electron chi connectivity index (χ3n) is 3.68. The van der Waals surface area contributed by atoms with E-state index in [2.05, 4.69) is 33.0 Å². The van der Waals surface area contributed by atoms with Gasteiger partial charge in [-0.2, -0.15) is 5.26 Å². The molecule has 1 fully saturated rings. The Balaban J connectivity index is 1.90. The minimum atomic E-state index is 0.579. The van der Waals surface area contributed by atoms with Gasteiger partial charge in [0, 0.05) is 22.7 Å². The Bertz CT molecular complexity index is 701. The number of halogens is 1. The molecule has 4 heteroatoms. The molecule has 0 aliphatic heterocycles. The molecule has 0 unspecified atom stereocenters. The first-order valence-corrected chi connectivity index (χ1v) is 7.77. The molecule has 3 nitrogen and oxygen atoms in total. The van der Waals surface area contributed by atoms with E-state index in [0.29, 0.717) is 11.6 Å². The van der Waals surface area contributed by atoms with Gasteiger partial charge in [0.2, 0.25) is 0 Å². The van der Waals surface area contributed by atoms with E-state index in [4.69, 9.17) is 11.0 Å². The maximum absolute atomic E-state index is 8.98. The topological polar surface area (TPSA) is 53.0 Å². The van der Waals surface area contributed by atoms with Crippen molar-refractivity contribution in [2.45, 2.75) is 25.4 Å². The smallest absolute Gasteiger partial charge is 0.0992 e. The molecule has 0 aromatic heterocycles. The van der Waals surface area contributed by atoms with E-state index in [-0.39, 0.29) is 0 Å². The van der Waals surface area contributed by atoms with Crippen molar-refractivity contribution >= 4 is 27.3 Å². The highest BCUT2D eigenvalue weighted by Crippen LogP contribution is 2.37. The van der Waals surface area contributed by atoms with Crippen LogP contribution in [0.2, 0.25) is 0 Å². The Labute approximate surface area is 133 Å². The van der Waals surface area contributed by atoms with Crippen LogP contribution in [0.25, 0.3) is 0 Å². The molecule has 0 amide bonds. The number of nitriles is 1. The van der Waals surface area contributed by atoms with Crippen molar-refractivity contribution < 1.29 is 0 Å². The van der Waals surface area contributed by atoms with Gasteiger partial charge < -0.3 is 10.6 Å². The van der Waals surface area contributed by atoms with Crippen LogP contribution in [0.3, 0.4) is 0 Å². The predicted molar refractivity (Wildman–Crippen MR) is 88.9 cm³/mol. The molecule has 106 valence electrons. The second-order valence-corrected chi connectivity index (χ2v) is 6.24. The van der Waals surface area contributed by atoms with Crippen molar-refractivity contribution in [3.05, 3.63) is 58.1 Å². The molecule has 0 radical (unpaired) electrons. The molecule has 2 aromatic rings. The average molecular weight is 342 g/mol. The van der Waals surface area contributed by atoms with E-state index in [1.807, 2.05) is 36.4 Å². The average Bonchev–Trinajstić information content (AvgIpc) is 3.30. The Morgan fingerprint density at radius 3 is 2.67 bits per heavy atom. The number of anilines is 2. The molecule has 0 saturated heterocycles. The van der Waals surface area contributed by atoms with Crippen LogP contribution < -0.4 is 10.6 Å². The van der Waals surface area contributed by atoms with Crippen molar-refractivity contribution in [2.75, 3.05) is 10.6 Å². The molecule has 0 atom stereocenters. The number of hydrogen-bond acceptors (Lipinski definition) is 3. The second kappa shape index (κ2) is 5.79. The van der Waals surface area contributed by atoms with Gasteiger partial charge in [-0.25, -0.2) is 0 Å². The number of hydrogen-bond donors (Lipinski definition) is 1. The first-order chi connectivity index (χ1) is 10.2. The number of nitrogens with zero attached hydrogens (tertiary/aromatic N) is 2. The first-order valence-electron chi connectivity index (χ1n) is 6.98. The lowest BCUT2D eigenvalue weighted by Gasteiger charge is -2.26. The summed E-state index contributed by atoms with van der Waals surface area (Å²) in [7, 11) is 0. The van der Waals surface area contributed by atoms with Gasteiger partial charge in [0.15, 0.2) is 0 Å². The molecule has 2 aromatic carbocycles. The van der Waals surface area contributed by atoms with Crippen molar-refractivity contribution in [1.82, 2.24) is 0 Å². The number of benzene rings is 2. The van der Waals surface area contributed by atoms with Crippen molar-refractivity contribution in [2.24, 2.45) is 0 Å². The molecule has 0 heterocycles. The zero-order chi connectivity index (χ0) is 14.8. The van der Waals surface area contributed by atoms with Crippen LogP contribution in [-0.2, 0) is 6.54 Å². The van der Waals surface area contributed by atoms with Crippen molar-refractivity contribution in [3.8, 4) is 6.07 Å². The largest absolute Gasteiger partial charge is 0.399 e. The zero-order valence-electron chi connectivity index (χ0n) is 11.6. The first kappa shape index (κ1) is 14.0. The summed E-state index contributed by atoms with van der Waals surface area (Å²) in [5.74, 6) is 0. The van der Waals surface area contributed by atoms with E-state index < -0.39 is 0 Å². The zero-order valence-corrected chi connectivity index (χ0v) is 13.2. The van der Waals surface area contributed by atoms with E-state index in [1.165, 1.54) is 18.4 Å². The quantitative estimate of drug-likeness (QED) is 0.852. The summed E-state index contributed by atoms with van der Waals surface area (Å²) in [6.45, 7) is 0.834. The summed E-state index contributed by atoms with van der Waals surface area (Å²) in [5.41, 5.74) is 9.68. The van der Waals surface area contributed by atoms with Crippen LogP contribution in [0.5, 0.6) is 0 Å². The van der Waals surface area contributed by atoms with Crippen LogP contribution in [0.15, 0.2) is 46.9 Å². The van der Waals surface area contributed by atoms with Gasteiger partial charge in [0.05, 0.1) is 17.3 Å². The van der Waals surface area contributed by atoms with Gasteiger partial charge in [-0.3, -0.25) is 0 Å². The molecule has 1 aliphatic carbocycles. The molecule has 0 bridgehead atoms. The summed E-state index contributed by atoms with van der Waals surface area (Å²) in [6.07, 6.45) is 2.43. The third-order valence-corrected chi connectivity index (χ3v) is 4.31. The van der Waals surface area contributed by atoms with Crippen LogP contribution in [0.1, 0.15) is 24.0 Å². The fourth-order valence-electron chi connectivity index (χ4n) is 2.49. The molecule has 21 heavy (non-hydrogen) atoms. The standard InChI is InChI=1S/C17H16BrN3/c18-16-9-12(10-19)4-7-17(16)21(15-5-6-15)11-13-2-1-3-14(20)8-13/h1-4,7-9,15H,5-6,11,20H2. The van der Waals surface area contributed by atoms with Crippen LogP contribution in [0.4, 0.5) is 11.4 Å². The Kier molecular flexibility index (Phi) is 3.85. The van der Waals surface area contributed by atoms with Gasteiger partial charge in [-0.1, -0.05) is 12.1 Å². The predicted octanol–water partition coefficient (Wildman–Crippen LogP) is 4.07. The van der Waals surface area contributed by atoms with Gasteiger partial charge in [-0.15, -0.1) is 0 Å². The van der Waals surface area contributed by atoms with Gasteiger partial charge >= 0.3 is 0 Å². The third kappa shape index (κ3) is 3.20. The fraction of sp³-hybridized carbons (Fsp3) is 0.235. The molecular weight excluding hydrogens is 326 g/mol. The minimum Gasteiger partial charge on any atom is -0.399 e. The van der Waals surface area contributed by atoms with E-state index in [1.54, 1.807) is 0 Å². The summed E-state index contributed by atoms with van der Waals surface area (Å²) < 4.78 is 0.970. The Morgan fingerprint density at radius 1 is 1.24 bits per heavy atom. The lowest BCUT2D eigenvalue weighted by Crippen LogP contribution is -2.25. The van der Waals surface area contributed by atoms with Crippen LogP contribution >= 0.6 is 15.9 Å². The molecule has 2 N–H and O–H groups in total. The highest BCUT2D eigenvalue weighted by molar-refractivity contribution is 9.10. The maximum atomic E-state index is 8.98. The van der Waals surface area contributed by atoms with E-state index in [0.717, 1.165) is 22.4 Å². The monoisotopic (exact) mass is 341 g/mol. The molecule has 0 spiro atoms. The SMILES string of the molecule is N#Cc1ccc(N(Cc2cccc(N)c2)C2CC2)c(Br)c1. The van der Waals surface area contributed by atoms with E-state index >= 15 is 0 Å². The van der Waals surface area contributed by atoms with Gasteiger partial charge in [0.25, 0.3) is 0 Å². The van der Waals surface area contributed by atoms with Crippen LogP contribution in [-0.4, -0.2) is 6.04 Å². The summed E-state index contributed by atoms with van der Waals surface area (Å²) in [5, 5.41) is 8.98. The Hall–Kier alpha value is -1.99. The number of rotatable bonds is 4. The maximum Gasteiger partial charge on any atom is 0.0992 e. The lowest BCUT2D eigenvalue weighted by molar-refractivity contribution is 0.792. The molecule has 3 rings (SSSR count). The highest BCUT2D eigenvalue weighted by Gasteiger charge is 2.30. The molecular formula is C17H16BrN3. The summed E-state index contributed by atoms with van der Waals surface area (Å²) in [4.78, 5) is 2.39. The van der Waals surface area contributed by atoms with E-state index in [9.17, 15) is 0 Å². The fourth-order valence-corrected chi connectivity index (χ4v) is 3.10. The Morgan fingerprint density at radius 2 is 2.05 bits per heavy atom. The lowest BCUT2D eigenvalue weighted by atomic mass is 10.1. The molecule has 1 aliphatic rings. The second-order valence-electron chi connectivity index (χ2n) is 5.38. The van der Waals surface area contributed by atoms with Crippen molar-refractivity contribution in [1.29, 1.82) is 5.26 Å². The summed E-state index contributed by atoms with van der Waals surface area (Å²) in [6, 6.07) is 16.5. The number of nitrogen functional groups attached to an aromatic ring is 1. The van der Waals surface area contributed by atoms with Crippen molar-refractivity contribution in [3.63, 3.8) is 0 Å². The minimum absolute atomic E-state index is 0.579. The summed E-state index contributed by atoms with van der Waals surface area (Å²) >= 11 is 3.60.